The van der Waals surface area contributed by atoms with E-state index in [4.69, 9.17) is 16.6 Å². The molecule has 0 aliphatic heterocycles. The number of amides is 2. The fourth-order valence-electron chi connectivity index (χ4n) is 0.153. The van der Waals surface area contributed by atoms with E-state index in [-0.39, 0.29) is 5.12 Å². The third-order valence-corrected chi connectivity index (χ3v) is 0.456. The number of nitrogens with zero attached hydrogens (tertiary/aromatic N) is 4. The molecule has 0 heterocycles. The smallest absolute Gasteiger partial charge is 0.240 e. The summed E-state index contributed by atoms with van der Waals surface area (Å²) in [6, 6.07) is -1.17. The molecular formula is CH3N7O. The average Bonchev–Trinajstić information content (AvgIpc) is 1.90. The van der Waals surface area contributed by atoms with E-state index in [0.717, 1.165) is 0 Å². The molecule has 0 atom stereocenters. The van der Waals surface area contributed by atoms with E-state index in [9.17, 15) is 4.79 Å². The molecule has 8 heteroatoms. The molecule has 3 N–H and O–H groups in total. The van der Waals surface area contributed by atoms with Gasteiger partial charge in [0.25, 0.3) is 0 Å². The highest BCUT2D eigenvalue weighted by Gasteiger charge is 2.07. The van der Waals surface area contributed by atoms with E-state index < -0.39 is 6.03 Å². The molecule has 0 spiro atoms. The van der Waals surface area contributed by atoms with Crippen molar-refractivity contribution in [1.82, 2.24) is 5.12 Å². The summed E-state index contributed by atoms with van der Waals surface area (Å²) in [5.74, 6) is 0. The first-order valence-electron chi connectivity index (χ1n) is 1.72. The zero-order chi connectivity index (χ0) is 7.28. The maximum absolute atomic E-state index is 10.1. The lowest BCUT2D eigenvalue weighted by atomic mass is 11.1. The Hall–Kier alpha value is -1.73. The quantitative estimate of drug-likeness (QED) is 0.377. The predicted molar refractivity (Wildman–Crippen MR) is 22.7 cm³/mol. The Labute approximate surface area is 49.3 Å². The monoisotopic (exact) mass is 129 g/mol. The zero-order valence-electron chi connectivity index (χ0n) is 4.20. The van der Waals surface area contributed by atoms with Crippen LogP contribution in [-0.2, 0) is 0 Å². The van der Waals surface area contributed by atoms with Crippen molar-refractivity contribution >= 4 is 6.03 Å². The van der Waals surface area contributed by atoms with Crippen molar-refractivity contribution in [3.8, 4) is 0 Å². The molecule has 0 aromatic rings. The summed E-state index contributed by atoms with van der Waals surface area (Å²) in [4.78, 5) is 10.1. The predicted octanol–water partition coefficient (Wildman–Crippen LogP) is 1.33. The van der Waals surface area contributed by atoms with Crippen LogP contribution < -0.4 is 0 Å². The molecule has 0 aliphatic rings. The van der Waals surface area contributed by atoms with Gasteiger partial charge >= 0.3 is 6.03 Å². The lowest BCUT2D eigenvalue weighted by molar-refractivity contribution is 0.198. The Morgan fingerprint density at radius 3 is 1.78 bits per heavy atom. The Balaban J connectivity index is 4.09. The summed E-state index contributed by atoms with van der Waals surface area (Å²) >= 11 is 0. The molecule has 9 heavy (non-hydrogen) atoms. The molecule has 2 amide bonds. The highest BCUT2D eigenvalue weighted by molar-refractivity contribution is 5.72. The van der Waals surface area contributed by atoms with Gasteiger partial charge in [-0.25, -0.2) is 4.79 Å². The van der Waals surface area contributed by atoms with Crippen LogP contribution in [0, 0.1) is 16.6 Å². The molecule has 0 aromatic carbocycles. The van der Waals surface area contributed by atoms with E-state index >= 15 is 0 Å². The first kappa shape index (κ1) is 7.27. The average molecular weight is 129 g/mol. The van der Waals surface area contributed by atoms with Gasteiger partial charge in [-0.3, -0.25) is 0 Å². The minimum absolute atomic E-state index is 0.0625. The second-order valence-corrected chi connectivity index (χ2v) is 0.884. The van der Waals surface area contributed by atoms with Crippen LogP contribution in [0.2, 0.25) is 0 Å². The van der Waals surface area contributed by atoms with E-state index in [1.807, 2.05) is 0 Å². The van der Waals surface area contributed by atoms with E-state index in [1.165, 1.54) is 0 Å². The number of carbonyl (C=O) groups is 1. The van der Waals surface area contributed by atoms with Crippen molar-refractivity contribution in [2.45, 2.75) is 0 Å². The summed E-state index contributed by atoms with van der Waals surface area (Å²) in [5.41, 5.74) is 18.4. The number of carbonyl (C=O) groups excluding carboxylic acids is 1. The third-order valence-electron chi connectivity index (χ3n) is 0.456. The van der Waals surface area contributed by atoms with Gasteiger partial charge in [0.05, 0.1) is 0 Å². The minimum atomic E-state index is -1.17. The lowest BCUT2D eigenvalue weighted by Gasteiger charge is -1.96. The molecule has 0 radical (unpaired) electrons. The van der Waals surface area contributed by atoms with Crippen molar-refractivity contribution in [2.24, 2.45) is 15.6 Å². The van der Waals surface area contributed by atoms with Crippen molar-refractivity contribution in [2.75, 3.05) is 0 Å². The summed E-state index contributed by atoms with van der Waals surface area (Å²) < 4.78 is 0. The second-order valence-electron chi connectivity index (χ2n) is 0.884. The molecule has 0 rings (SSSR count). The Bertz CT molecular complexity index is 141. The molecule has 8 nitrogen and oxygen atoms in total. The van der Waals surface area contributed by atoms with Crippen molar-refractivity contribution in [1.29, 1.82) is 16.6 Å². The lowest BCUT2D eigenvalue weighted by Crippen LogP contribution is -2.13. The van der Waals surface area contributed by atoms with Gasteiger partial charge in [-0.15, -0.1) is 0 Å². The maximum atomic E-state index is 10.1. The largest absolute Gasteiger partial charge is 0.406 e. The van der Waals surface area contributed by atoms with E-state index in [0.29, 0.717) is 0 Å². The summed E-state index contributed by atoms with van der Waals surface area (Å²) in [5, 5.41) is 7.29. The van der Waals surface area contributed by atoms with Crippen LogP contribution in [0.25, 0.3) is 0 Å². The van der Waals surface area contributed by atoms with E-state index in [2.05, 4.69) is 15.6 Å². The van der Waals surface area contributed by atoms with Gasteiger partial charge in [-0.1, -0.05) is 10.2 Å². The zero-order valence-corrected chi connectivity index (χ0v) is 4.20. The van der Waals surface area contributed by atoms with Gasteiger partial charge in [0, 0.05) is 0 Å². The SMILES string of the molecule is N=NC(=O)N(N=N)N=N. The fraction of sp³-hybridized carbons (Fsp3) is 0. The molecule has 0 saturated carbocycles. The van der Waals surface area contributed by atoms with Crippen LogP contribution in [0.15, 0.2) is 15.6 Å². The van der Waals surface area contributed by atoms with Crippen LogP contribution >= 0.6 is 0 Å². The first-order valence-corrected chi connectivity index (χ1v) is 1.72. The van der Waals surface area contributed by atoms with Gasteiger partial charge < -0.3 is 0 Å². The molecule has 0 aromatic heterocycles. The topological polar surface area (TPSA) is 129 Å². The Kier molecular flexibility index (Phi) is 2.66. The number of hydrogen-bond donors (Lipinski definition) is 3. The van der Waals surface area contributed by atoms with Crippen molar-refractivity contribution in [3.63, 3.8) is 0 Å². The van der Waals surface area contributed by atoms with Crippen LogP contribution in [0.1, 0.15) is 0 Å². The normalized spacial score (nSPS) is 7.56. The maximum Gasteiger partial charge on any atom is 0.406 e. The second kappa shape index (κ2) is 3.29. The first-order chi connectivity index (χ1) is 4.26. The number of rotatable bonds is 2. The minimum Gasteiger partial charge on any atom is -0.240 e. The van der Waals surface area contributed by atoms with Crippen molar-refractivity contribution < 1.29 is 4.79 Å². The standard InChI is InChI=1S/CH3N7O/c2-5-1(9)8(6-3)7-4/h2-4H. The highest BCUT2D eigenvalue weighted by Crippen LogP contribution is 1.92. The van der Waals surface area contributed by atoms with Crippen LogP contribution in [-0.4, -0.2) is 11.1 Å². The fourth-order valence-corrected chi connectivity index (χ4v) is 0.153. The van der Waals surface area contributed by atoms with Gasteiger partial charge in [0.1, 0.15) is 0 Å². The van der Waals surface area contributed by atoms with Crippen LogP contribution in [0.4, 0.5) is 4.79 Å². The summed E-state index contributed by atoms with van der Waals surface area (Å²) in [6.07, 6.45) is 0. The van der Waals surface area contributed by atoms with Crippen LogP contribution in [0.5, 0.6) is 0 Å². The molecule has 0 saturated heterocycles. The Morgan fingerprint density at radius 2 is 1.67 bits per heavy atom. The van der Waals surface area contributed by atoms with Gasteiger partial charge in [-0.2, -0.15) is 16.6 Å². The summed E-state index contributed by atoms with van der Waals surface area (Å²) in [6.45, 7) is 0. The van der Waals surface area contributed by atoms with Crippen LogP contribution in [0.3, 0.4) is 0 Å². The molecule has 0 bridgehead atoms. The molecule has 0 aliphatic carbocycles. The highest BCUT2D eigenvalue weighted by atomic mass is 16.2. The third kappa shape index (κ3) is 1.67. The number of nitrogens with one attached hydrogen (secondary N) is 3. The number of hydrogen-bond acceptors (Lipinski definition) is 6. The molecule has 0 fully saturated rings. The van der Waals surface area contributed by atoms with E-state index in [1.54, 1.807) is 0 Å². The van der Waals surface area contributed by atoms with Gasteiger partial charge in [-0.05, 0) is 10.4 Å². The number of urea groups is 1. The Morgan fingerprint density at radius 1 is 1.22 bits per heavy atom. The van der Waals surface area contributed by atoms with Gasteiger partial charge in [0.2, 0.25) is 0 Å². The molecular weight excluding hydrogens is 126 g/mol. The molecule has 0 unspecified atom stereocenters. The van der Waals surface area contributed by atoms with Gasteiger partial charge in [0.15, 0.2) is 0 Å². The molecule has 48 valence electrons. The van der Waals surface area contributed by atoms with Crippen molar-refractivity contribution in [3.05, 3.63) is 0 Å². The summed E-state index contributed by atoms with van der Waals surface area (Å²) in [7, 11) is 0.